The number of carbonyl (C=O) groups excluding carboxylic acids is 4. The predicted molar refractivity (Wildman–Crippen MR) is 152 cm³/mol. The van der Waals surface area contributed by atoms with Crippen molar-refractivity contribution in [3.8, 4) is 12.3 Å². The SMILES string of the molecule is C#Cc1ccccc1C(C(=O)NCCCCC)N(CCCCC)C(=O)C(CCC(N)=O)NC(=O)OC(C)(C)C. The molecule has 1 rings (SSSR count). The molecule has 0 saturated carbocycles. The quantitative estimate of drug-likeness (QED) is 0.213. The van der Waals surface area contributed by atoms with Crippen molar-refractivity contribution >= 4 is 23.8 Å². The summed E-state index contributed by atoms with van der Waals surface area (Å²) in [6.07, 6.45) is 9.93. The molecule has 0 aliphatic rings. The Morgan fingerprint density at radius 2 is 1.69 bits per heavy atom. The lowest BCUT2D eigenvalue weighted by Crippen LogP contribution is -2.53. The van der Waals surface area contributed by atoms with E-state index in [1.807, 2.05) is 6.92 Å². The number of rotatable bonds is 16. The summed E-state index contributed by atoms with van der Waals surface area (Å²) in [5.41, 5.74) is 5.58. The second kappa shape index (κ2) is 17.1. The average Bonchev–Trinajstić information content (AvgIpc) is 2.87. The lowest BCUT2D eigenvalue weighted by Gasteiger charge is -2.35. The molecule has 216 valence electrons. The maximum absolute atomic E-state index is 14.1. The predicted octanol–water partition coefficient (Wildman–Crippen LogP) is 4.19. The van der Waals surface area contributed by atoms with E-state index in [2.05, 4.69) is 23.5 Å². The summed E-state index contributed by atoms with van der Waals surface area (Å²) in [4.78, 5) is 53.5. The van der Waals surface area contributed by atoms with Crippen LogP contribution in [-0.2, 0) is 19.1 Å². The zero-order valence-corrected chi connectivity index (χ0v) is 24.2. The number of hydrogen-bond donors (Lipinski definition) is 3. The highest BCUT2D eigenvalue weighted by Crippen LogP contribution is 2.27. The van der Waals surface area contributed by atoms with Crippen molar-refractivity contribution < 1.29 is 23.9 Å². The molecule has 4 amide bonds. The van der Waals surface area contributed by atoms with Gasteiger partial charge in [0.2, 0.25) is 17.7 Å². The van der Waals surface area contributed by atoms with Crippen LogP contribution >= 0.6 is 0 Å². The van der Waals surface area contributed by atoms with Gasteiger partial charge in [0.05, 0.1) is 0 Å². The first-order valence-corrected chi connectivity index (χ1v) is 13.9. The van der Waals surface area contributed by atoms with Crippen LogP contribution in [0.3, 0.4) is 0 Å². The van der Waals surface area contributed by atoms with Crippen LogP contribution in [0, 0.1) is 12.3 Å². The number of nitrogens with zero attached hydrogens (tertiary/aromatic N) is 1. The largest absolute Gasteiger partial charge is 0.444 e. The molecule has 0 fully saturated rings. The van der Waals surface area contributed by atoms with Crippen LogP contribution in [0.5, 0.6) is 0 Å². The van der Waals surface area contributed by atoms with Gasteiger partial charge in [-0.05, 0) is 51.7 Å². The molecular weight excluding hydrogens is 496 g/mol. The van der Waals surface area contributed by atoms with Gasteiger partial charge in [0.1, 0.15) is 17.7 Å². The molecule has 0 heterocycles. The van der Waals surface area contributed by atoms with Crippen molar-refractivity contribution in [1.29, 1.82) is 0 Å². The number of alkyl carbamates (subject to hydrolysis) is 1. The maximum Gasteiger partial charge on any atom is 0.408 e. The van der Waals surface area contributed by atoms with E-state index in [0.29, 0.717) is 24.1 Å². The lowest BCUT2D eigenvalue weighted by molar-refractivity contribution is -0.142. The minimum absolute atomic E-state index is 0.0423. The Hall–Kier alpha value is -3.54. The van der Waals surface area contributed by atoms with E-state index in [4.69, 9.17) is 16.9 Å². The minimum atomic E-state index is -1.14. The molecule has 1 aromatic rings. The zero-order chi connectivity index (χ0) is 29.4. The van der Waals surface area contributed by atoms with E-state index in [9.17, 15) is 19.2 Å². The van der Waals surface area contributed by atoms with Crippen LogP contribution in [0.1, 0.15) is 103 Å². The van der Waals surface area contributed by atoms with Crippen molar-refractivity contribution in [2.45, 2.75) is 104 Å². The number of amides is 4. The first kappa shape index (κ1) is 33.5. The highest BCUT2D eigenvalue weighted by molar-refractivity contribution is 5.92. The fraction of sp³-hybridized carbons (Fsp3) is 0.600. The molecule has 9 nitrogen and oxygen atoms in total. The lowest BCUT2D eigenvalue weighted by atomic mass is 9.96. The van der Waals surface area contributed by atoms with Crippen molar-refractivity contribution in [1.82, 2.24) is 15.5 Å². The van der Waals surface area contributed by atoms with E-state index in [1.165, 1.54) is 4.90 Å². The number of terminal acetylenes is 1. The number of ether oxygens (including phenoxy) is 1. The molecule has 0 saturated heterocycles. The third-order valence-corrected chi connectivity index (χ3v) is 6.00. The normalized spacial score (nSPS) is 12.5. The van der Waals surface area contributed by atoms with Gasteiger partial charge in [-0.3, -0.25) is 14.4 Å². The van der Waals surface area contributed by atoms with Crippen LogP contribution < -0.4 is 16.4 Å². The van der Waals surface area contributed by atoms with Crippen molar-refractivity contribution in [2.75, 3.05) is 13.1 Å². The third kappa shape index (κ3) is 12.2. The number of nitrogens with two attached hydrogens (primary N) is 1. The van der Waals surface area contributed by atoms with Gasteiger partial charge >= 0.3 is 6.09 Å². The highest BCUT2D eigenvalue weighted by atomic mass is 16.6. The summed E-state index contributed by atoms with van der Waals surface area (Å²) < 4.78 is 5.37. The van der Waals surface area contributed by atoms with Gasteiger partial charge < -0.3 is 26.0 Å². The number of hydrogen-bond acceptors (Lipinski definition) is 5. The van der Waals surface area contributed by atoms with E-state index >= 15 is 0 Å². The Morgan fingerprint density at radius 1 is 1.05 bits per heavy atom. The maximum atomic E-state index is 14.1. The van der Waals surface area contributed by atoms with Gasteiger partial charge in [0.15, 0.2) is 0 Å². The molecule has 39 heavy (non-hydrogen) atoms. The first-order chi connectivity index (χ1) is 18.4. The van der Waals surface area contributed by atoms with Gasteiger partial charge in [0, 0.05) is 25.1 Å². The Balaban J connectivity index is 3.53. The van der Waals surface area contributed by atoms with Crippen molar-refractivity contribution in [3.05, 3.63) is 35.4 Å². The molecule has 1 aromatic carbocycles. The molecule has 0 aromatic heterocycles. The molecule has 2 unspecified atom stereocenters. The molecule has 2 atom stereocenters. The van der Waals surface area contributed by atoms with Gasteiger partial charge in [-0.25, -0.2) is 4.79 Å². The summed E-state index contributed by atoms with van der Waals surface area (Å²) >= 11 is 0. The second-order valence-corrected chi connectivity index (χ2v) is 10.6. The molecule has 0 spiro atoms. The van der Waals surface area contributed by atoms with Crippen molar-refractivity contribution in [2.24, 2.45) is 5.73 Å². The Morgan fingerprint density at radius 3 is 2.28 bits per heavy atom. The van der Waals surface area contributed by atoms with E-state index < -0.39 is 35.6 Å². The fourth-order valence-electron chi connectivity index (χ4n) is 4.09. The van der Waals surface area contributed by atoms with Crippen LogP contribution in [0.25, 0.3) is 0 Å². The summed E-state index contributed by atoms with van der Waals surface area (Å²) in [5, 5.41) is 5.57. The molecule has 4 N–H and O–H groups in total. The van der Waals surface area contributed by atoms with Crippen molar-refractivity contribution in [3.63, 3.8) is 0 Å². The number of unbranched alkanes of at least 4 members (excludes halogenated alkanes) is 4. The molecule has 9 heteroatoms. The molecule has 0 aliphatic heterocycles. The first-order valence-electron chi connectivity index (χ1n) is 13.9. The van der Waals surface area contributed by atoms with Crippen LogP contribution in [0.4, 0.5) is 4.79 Å². The second-order valence-electron chi connectivity index (χ2n) is 10.6. The number of carbonyl (C=O) groups is 4. The molecule has 0 radical (unpaired) electrons. The fourth-order valence-corrected chi connectivity index (χ4v) is 4.09. The Labute approximate surface area is 233 Å². The standard InChI is InChI=1S/C30H46N4O5/c1-7-10-14-20-32-27(36)26(23-17-13-12-16-22(23)9-3)34(21-15-11-8-2)28(37)24(18-19-25(31)35)33-29(38)39-30(4,5)6/h3,12-13,16-17,24,26H,7-8,10-11,14-15,18-21H2,1-2,4-6H3,(H2,31,35)(H,32,36)(H,33,38). The number of benzene rings is 1. The van der Waals surface area contributed by atoms with E-state index in [1.54, 1.807) is 45.0 Å². The third-order valence-electron chi connectivity index (χ3n) is 6.00. The minimum Gasteiger partial charge on any atom is -0.444 e. The Bertz CT molecular complexity index is 996. The van der Waals surface area contributed by atoms with Crippen LogP contribution in [0.2, 0.25) is 0 Å². The summed E-state index contributed by atoms with van der Waals surface area (Å²) in [6.45, 7) is 9.95. The summed E-state index contributed by atoms with van der Waals surface area (Å²) in [6, 6.07) is 4.85. The topological polar surface area (TPSA) is 131 Å². The molecule has 0 bridgehead atoms. The summed E-state index contributed by atoms with van der Waals surface area (Å²) in [7, 11) is 0. The van der Waals surface area contributed by atoms with Gasteiger partial charge in [-0.2, -0.15) is 0 Å². The summed E-state index contributed by atoms with van der Waals surface area (Å²) in [5.74, 6) is 1.14. The number of primary amides is 1. The van der Waals surface area contributed by atoms with Crippen LogP contribution in [0.15, 0.2) is 24.3 Å². The van der Waals surface area contributed by atoms with Gasteiger partial charge in [0.25, 0.3) is 0 Å². The van der Waals surface area contributed by atoms with Gasteiger partial charge in [-0.1, -0.05) is 63.7 Å². The van der Waals surface area contributed by atoms with E-state index in [-0.39, 0.29) is 25.3 Å². The molecule has 0 aliphatic carbocycles. The number of nitrogens with one attached hydrogen (secondary N) is 2. The highest BCUT2D eigenvalue weighted by Gasteiger charge is 2.37. The monoisotopic (exact) mass is 542 g/mol. The Kier molecular flexibility index (Phi) is 14.7. The molecular formula is C30H46N4O5. The average molecular weight is 543 g/mol. The zero-order valence-electron chi connectivity index (χ0n) is 24.2. The van der Waals surface area contributed by atoms with Crippen LogP contribution in [-0.4, -0.2) is 53.4 Å². The van der Waals surface area contributed by atoms with Gasteiger partial charge in [-0.15, -0.1) is 6.42 Å². The van der Waals surface area contributed by atoms with E-state index in [0.717, 1.165) is 32.1 Å². The smallest absolute Gasteiger partial charge is 0.408 e.